The molecule has 1 fully saturated rings. The molecule has 0 bridgehead atoms. The standard InChI is InChI=1S/C9H19N/c1-7(2)8-3-5-9(10)6-4-8/h7-9H,3-6,10H2,1-2H3/p+1. The zero-order chi connectivity index (χ0) is 7.56. The molecule has 1 aliphatic rings. The predicted molar refractivity (Wildman–Crippen MR) is 43.5 cm³/mol. The molecule has 0 aromatic rings. The number of hydrogen-bond acceptors (Lipinski definition) is 0. The van der Waals surface area contributed by atoms with E-state index in [0.717, 1.165) is 17.9 Å². The molecule has 1 heteroatoms. The van der Waals surface area contributed by atoms with E-state index in [1.54, 1.807) is 0 Å². The minimum absolute atomic E-state index is 0.759. The first kappa shape index (κ1) is 8.06. The minimum atomic E-state index is 0.759. The summed E-state index contributed by atoms with van der Waals surface area (Å²) in [5.41, 5.74) is 4.09. The Bertz CT molecular complexity index is 90.9. The van der Waals surface area contributed by atoms with E-state index < -0.39 is 0 Å². The van der Waals surface area contributed by atoms with Crippen LogP contribution in [0.2, 0.25) is 0 Å². The average Bonchev–Trinajstić information content (AvgIpc) is 1.88. The van der Waals surface area contributed by atoms with Crippen LogP contribution in [0.4, 0.5) is 0 Å². The van der Waals surface area contributed by atoms with Crippen LogP contribution in [0.1, 0.15) is 39.5 Å². The maximum absolute atomic E-state index is 4.09. The summed E-state index contributed by atoms with van der Waals surface area (Å²) in [6.07, 6.45) is 5.57. The van der Waals surface area contributed by atoms with Gasteiger partial charge < -0.3 is 5.73 Å². The van der Waals surface area contributed by atoms with Crippen molar-refractivity contribution >= 4 is 0 Å². The van der Waals surface area contributed by atoms with Crippen molar-refractivity contribution in [1.82, 2.24) is 0 Å². The number of quaternary nitrogens is 1. The lowest BCUT2D eigenvalue weighted by Gasteiger charge is -2.26. The van der Waals surface area contributed by atoms with Gasteiger partial charge in [-0.3, -0.25) is 0 Å². The summed E-state index contributed by atoms with van der Waals surface area (Å²) in [7, 11) is 0. The summed E-state index contributed by atoms with van der Waals surface area (Å²) in [4.78, 5) is 0. The SMILES string of the molecule is CC(C)C1CCC([NH3+])CC1. The highest BCUT2D eigenvalue weighted by atomic mass is 14.6. The molecule has 1 rings (SSSR count). The highest BCUT2D eigenvalue weighted by Gasteiger charge is 2.22. The van der Waals surface area contributed by atoms with Crippen molar-refractivity contribution in [1.29, 1.82) is 0 Å². The average molecular weight is 142 g/mol. The lowest BCUT2D eigenvalue weighted by molar-refractivity contribution is -0.426. The summed E-state index contributed by atoms with van der Waals surface area (Å²) >= 11 is 0. The van der Waals surface area contributed by atoms with Crippen molar-refractivity contribution in [3.05, 3.63) is 0 Å². The van der Waals surface area contributed by atoms with E-state index in [0.29, 0.717) is 0 Å². The van der Waals surface area contributed by atoms with Gasteiger partial charge in [-0.2, -0.15) is 0 Å². The Morgan fingerprint density at radius 2 is 1.60 bits per heavy atom. The van der Waals surface area contributed by atoms with Gasteiger partial charge in [-0.25, -0.2) is 0 Å². The van der Waals surface area contributed by atoms with Crippen LogP contribution in [0.15, 0.2) is 0 Å². The third-order valence-corrected chi connectivity index (χ3v) is 2.83. The Balaban J connectivity index is 2.26. The summed E-state index contributed by atoms with van der Waals surface area (Å²) < 4.78 is 0. The van der Waals surface area contributed by atoms with E-state index in [9.17, 15) is 0 Å². The fourth-order valence-corrected chi connectivity index (χ4v) is 1.85. The molecule has 0 radical (unpaired) electrons. The molecule has 0 spiro atoms. The second-order valence-corrected chi connectivity index (χ2v) is 4.02. The van der Waals surface area contributed by atoms with Crippen molar-refractivity contribution in [2.75, 3.05) is 0 Å². The van der Waals surface area contributed by atoms with Gasteiger partial charge in [-0.1, -0.05) is 13.8 Å². The number of hydrogen-bond donors (Lipinski definition) is 1. The molecule has 0 aliphatic heterocycles. The third kappa shape index (κ3) is 1.98. The number of rotatable bonds is 1. The normalized spacial score (nSPS) is 34.8. The minimum Gasteiger partial charge on any atom is -0.355 e. The van der Waals surface area contributed by atoms with Crippen molar-refractivity contribution < 1.29 is 5.73 Å². The van der Waals surface area contributed by atoms with E-state index in [1.165, 1.54) is 25.7 Å². The van der Waals surface area contributed by atoms with Crippen LogP contribution >= 0.6 is 0 Å². The molecule has 0 aromatic heterocycles. The van der Waals surface area contributed by atoms with Gasteiger partial charge in [0.1, 0.15) is 0 Å². The summed E-state index contributed by atoms with van der Waals surface area (Å²) in [5, 5.41) is 0. The Labute approximate surface area is 64.0 Å². The smallest absolute Gasteiger partial charge is 0.0843 e. The molecule has 0 unspecified atom stereocenters. The lowest BCUT2D eigenvalue weighted by atomic mass is 9.80. The first-order valence-electron chi connectivity index (χ1n) is 4.53. The molecule has 1 nitrogen and oxygen atoms in total. The van der Waals surface area contributed by atoms with Gasteiger partial charge in [-0.15, -0.1) is 0 Å². The van der Waals surface area contributed by atoms with Gasteiger partial charge in [0.05, 0.1) is 6.04 Å². The van der Waals surface area contributed by atoms with Crippen LogP contribution in [0.25, 0.3) is 0 Å². The monoisotopic (exact) mass is 142 g/mol. The molecule has 3 N–H and O–H groups in total. The Hall–Kier alpha value is -0.0400. The molecule has 0 heterocycles. The van der Waals surface area contributed by atoms with Crippen LogP contribution in [0.3, 0.4) is 0 Å². The maximum atomic E-state index is 4.09. The lowest BCUT2D eigenvalue weighted by Crippen LogP contribution is -2.61. The molecule has 10 heavy (non-hydrogen) atoms. The summed E-state index contributed by atoms with van der Waals surface area (Å²) in [6.45, 7) is 4.68. The largest absolute Gasteiger partial charge is 0.355 e. The molecule has 0 amide bonds. The topological polar surface area (TPSA) is 27.6 Å². The fourth-order valence-electron chi connectivity index (χ4n) is 1.85. The predicted octanol–water partition coefficient (Wildman–Crippen LogP) is 1.44. The van der Waals surface area contributed by atoms with Gasteiger partial charge in [0, 0.05) is 0 Å². The molecule has 60 valence electrons. The molecule has 1 aliphatic carbocycles. The third-order valence-electron chi connectivity index (χ3n) is 2.83. The van der Waals surface area contributed by atoms with E-state index in [1.807, 2.05) is 0 Å². The molecule has 1 saturated carbocycles. The van der Waals surface area contributed by atoms with Crippen molar-refractivity contribution in [3.8, 4) is 0 Å². The second-order valence-electron chi connectivity index (χ2n) is 4.02. The van der Waals surface area contributed by atoms with Crippen LogP contribution in [0.5, 0.6) is 0 Å². The zero-order valence-corrected chi connectivity index (χ0v) is 7.27. The highest BCUT2D eigenvalue weighted by Crippen LogP contribution is 2.28. The maximum Gasteiger partial charge on any atom is 0.0843 e. The van der Waals surface area contributed by atoms with Gasteiger partial charge in [0.15, 0.2) is 0 Å². The Morgan fingerprint density at radius 1 is 1.10 bits per heavy atom. The van der Waals surface area contributed by atoms with Gasteiger partial charge >= 0.3 is 0 Å². The summed E-state index contributed by atoms with van der Waals surface area (Å²) in [6, 6.07) is 0.759. The molecule has 0 saturated heterocycles. The van der Waals surface area contributed by atoms with Gasteiger partial charge in [0.2, 0.25) is 0 Å². The highest BCUT2D eigenvalue weighted by molar-refractivity contribution is 4.72. The summed E-state index contributed by atoms with van der Waals surface area (Å²) in [5.74, 6) is 1.89. The zero-order valence-electron chi connectivity index (χ0n) is 7.27. The van der Waals surface area contributed by atoms with Crippen LogP contribution in [0, 0.1) is 11.8 Å². The van der Waals surface area contributed by atoms with Crippen LogP contribution in [-0.4, -0.2) is 6.04 Å². The van der Waals surface area contributed by atoms with Crippen LogP contribution < -0.4 is 5.73 Å². The van der Waals surface area contributed by atoms with E-state index >= 15 is 0 Å². The van der Waals surface area contributed by atoms with E-state index in [4.69, 9.17) is 0 Å². The Morgan fingerprint density at radius 3 is 2.00 bits per heavy atom. The first-order chi connectivity index (χ1) is 4.70. The second kappa shape index (κ2) is 3.38. The van der Waals surface area contributed by atoms with Crippen molar-refractivity contribution in [2.24, 2.45) is 11.8 Å². The first-order valence-corrected chi connectivity index (χ1v) is 4.53. The Kier molecular flexibility index (Phi) is 2.72. The molecule has 0 aromatic carbocycles. The molecular formula is C9H20N+. The fraction of sp³-hybridized carbons (Fsp3) is 1.00. The van der Waals surface area contributed by atoms with E-state index in [2.05, 4.69) is 19.6 Å². The molecular weight excluding hydrogens is 122 g/mol. The van der Waals surface area contributed by atoms with E-state index in [-0.39, 0.29) is 0 Å². The van der Waals surface area contributed by atoms with Crippen LogP contribution in [-0.2, 0) is 0 Å². The van der Waals surface area contributed by atoms with Crippen molar-refractivity contribution in [3.63, 3.8) is 0 Å². The quantitative estimate of drug-likeness (QED) is 0.574. The van der Waals surface area contributed by atoms with Gasteiger partial charge in [0.25, 0.3) is 0 Å². The molecule has 0 atom stereocenters. The van der Waals surface area contributed by atoms with Gasteiger partial charge in [-0.05, 0) is 37.5 Å². The van der Waals surface area contributed by atoms with Crippen molar-refractivity contribution in [2.45, 2.75) is 45.6 Å².